The van der Waals surface area contributed by atoms with E-state index in [2.05, 4.69) is 10.3 Å². The van der Waals surface area contributed by atoms with E-state index in [1.54, 1.807) is 28.8 Å². The van der Waals surface area contributed by atoms with Crippen LogP contribution in [0, 0.1) is 0 Å². The van der Waals surface area contributed by atoms with Gasteiger partial charge < -0.3 is 14.6 Å². The molecule has 1 unspecified atom stereocenters. The number of hydrogen-bond donors (Lipinski definition) is 1. The van der Waals surface area contributed by atoms with Crippen LogP contribution in [0.3, 0.4) is 0 Å². The number of ether oxygens (including phenoxy) is 1. The zero-order chi connectivity index (χ0) is 20.3. The molecule has 2 aliphatic rings. The standard InChI is InChI=1S/C20H28N4O4S/c25-20(21-14-16-5-4-12-28-16)8-11-23-15-22-18-13-17(6-7-19(18)23)29(26,27)24-9-2-1-3-10-24/h6-7,13,15-16H,1-5,8-12,14H2,(H,21,25). The van der Waals surface area contributed by atoms with E-state index in [-0.39, 0.29) is 16.9 Å². The van der Waals surface area contributed by atoms with Gasteiger partial charge in [-0.1, -0.05) is 6.42 Å². The summed E-state index contributed by atoms with van der Waals surface area (Å²) in [5, 5.41) is 2.92. The third-order valence-electron chi connectivity index (χ3n) is 5.68. The zero-order valence-electron chi connectivity index (χ0n) is 16.5. The van der Waals surface area contributed by atoms with Crippen molar-refractivity contribution in [2.24, 2.45) is 0 Å². The van der Waals surface area contributed by atoms with Crippen LogP contribution in [0.4, 0.5) is 0 Å². The second-order valence-electron chi connectivity index (χ2n) is 7.74. The number of benzene rings is 1. The van der Waals surface area contributed by atoms with Crippen molar-refractivity contribution >= 4 is 27.0 Å². The number of amides is 1. The number of nitrogens with zero attached hydrogens (tertiary/aromatic N) is 3. The van der Waals surface area contributed by atoms with Crippen molar-refractivity contribution in [2.75, 3.05) is 26.2 Å². The van der Waals surface area contributed by atoms with Gasteiger partial charge in [0.2, 0.25) is 15.9 Å². The van der Waals surface area contributed by atoms with Gasteiger partial charge in [-0.2, -0.15) is 4.31 Å². The van der Waals surface area contributed by atoms with E-state index in [0.29, 0.717) is 38.1 Å². The molecule has 0 radical (unpaired) electrons. The molecule has 0 spiro atoms. The van der Waals surface area contributed by atoms with Gasteiger partial charge >= 0.3 is 0 Å². The number of nitrogens with one attached hydrogen (secondary N) is 1. The molecule has 4 rings (SSSR count). The van der Waals surface area contributed by atoms with Crippen LogP contribution >= 0.6 is 0 Å². The van der Waals surface area contributed by atoms with Crippen LogP contribution in [-0.4, -0.2) is 60.5 Å². The second kappa shape index (κ2) is 8.81. The summed E-state index contributed by atoms with van der Waals surface area (Å²) in [5.41, 5.74) is 1.46. The quantitative estimate of drug-likeness (QED) is 0.738. The number of piperidine rings is 1. The highest BCUT2D eigenvalue weighted by Crippen LogP contribution is 2.24. The first-order valence-corrected chi connectivity index (χ1v) is 11.8. The highest BCUT2D eigenvalue weighted by Gasteiger charge is 2.26. The van der Waals surface area contributed by atoms with E-state index in [9.17, 15) is 13.2 Å². The predicted octanol–water partition coefficient (Wildman–Crippen LogP) is 1.90. The highest BCUT2D eigenvalue weighted by atomic mass is 32.2. The van der Waals surface area contributed by atoms with Crippen LogP contribution in [0.5, 0.6) is 0 Å². The molecular weight excluding hydrogens is 392 g/mol. The molecule has 1 amide bonds. The minimum atomic E-state index is -3.48. The van der Waals surface area contributed by atoms with Gasteiger partial charge in [-0.15, -0.1) is 0 Å². The average molecular weight is 421 g/mol. The van der Waals surface area contributed by atoms with Gasteiger partial charge in [0.05, 0.1) is 28.4 Å². The summed E-state index contributed by atoms with van der Waals surface area (Å²) in [4.78, 5) is 16.7. The molecule has 2 aromatic rings. The molecule has 2 saturated heterocycles. The van der Waals surface area contributed by atoms with Crippen molar-refractivity contribution in [3.63, 3.8) is 0 Å². The minimum absolute atomic E-state index is 0.0216. The molecule has 9 heteroatoms. The van der Waals surface area contributed by atoms with Crippen LogP contribution in [-0.2, 0) is 26.1 Å². The Balaban J connectivity index is 1.39. The lowest BCUT2D eigenvalue weighted by atomic mass is 10.2. The fourth-order valence-corrected chi connectivity index (χ4v) is 5.52. The first kappa shape index (κ1) is 20.3. The molecule has 1 atom stereocenters. The maximum absolute atomic E-state index is 12.9. The number of imidazole rings is 1. The number of sulfonamides is 1. The molecule has 2 fully saturated rings. The molecule has 1 N–H and O–H groups in total. The van der Waals surface area contributed by atoms with Crippen molar-refractivity contribution in [3.05, 3.63) is 24.5 Å². The van der Waals surface area contributed by atoms with Gasteiger partial charge in [0.15, 0.2) is 0 Å². The van der Waals surface area contributed by atoms with Crippen molar-refractivity contribution in [2.45, 2.75) is 56.1 Å². The first-order chi connectivity index (χ1) is 14.0. The summed E-state index contributed by atoms with van der Waals surface area (Å²) in [6.07, 6.45) is 7.08. The minimum Gasteiger partial charge on any atom is -0.376 e. The Bertz CT molecular complexity index is 960. The number of fused-ring (bicyclic) bond motifs is 1. The summed E-state index contributed by atoms with van der Waals surface area (Å²) in [7, 11) is -3.48. The number of carbonyl (C=O) groups excluding carboxylic acids is 1. The molecule has 0 aliphatic carbocycles. The molecule has 0 saturated carbocycles. The Morgan fingerprint density at radius 3 is 2.79 bits per heavy atom. The van der Waals surface area contributed by atoms with Crippen LogP contribution in [0.25, 0.3) is 11.0 Å². The molecule has 2 aliphatic heterocycles. The van der Waals surface area contributed by atoms with E-state index in [0.717, 1.165) is 44.2 Å². The Labute approximate surface area is 171 Å². The number of aryl methyl sites for hydroxylation is 1. The molecule has 1 aromatic carbocycles. The summed E-state index contributed by atoms with van der Waals surface area (Å²) < 4.78 is 34.7. The fraction of sp³-hybridized carbons (Fsp3) is 0.600. The SMILES string of the molecule is O=C(CCn1cnc2cc(S(=O)(=O)N3CCCCC3)ccc21)NCC1CCCO1. The maximum atomic E-state index is 12.9. The third kappa shape index (κ3) is 4.62. The Kier molecular flexibility index (Phi) is 6.17. The summed E-state index contributed by atoms with van der Waals surface area (Å²) in [6, 6.07) is 5.05. The lowest BCUT2D eigenvalue weighted by molar-refractivity contribution is -0.121. The molecular formula is C20H28N4O4S. The molecule has 29 heavy (non-hydrogen) atoms. The summed E-state index contributed by atoms with van der Waals surface area (Å²) in [5.74, 6) is -0.0216. The van der Waals surface area contributed by atoms with Gasteiger partial charge in [-0.25, -0.2) is 13.4 Å². The van der Waals surface area contributed by atoms with Crippen LogP contribution in [0.15, 0.2) is 29.4 Å². The van der Waals surface area contributed by atoms with Gasteiger partial charge in [-0.3, -0.25) is 4.79 Å². The highest BCUT2D eigenvalue weighted by molar-refractivity contribution is 7.89. The number of rotatable bonds is 7. The van der Waals surface area contributed by atoms with E-state index < -0.39 is 10.0 Å². The van der Waals surface area contributed by atoms with E-state index in [4.69, 9.17) is 4.74 Å². The largest absolute Gasteiger partial charge is 0.376 e. The van der Waals surface area contributed by atoms with Gasteiger partial charge in [0, 0.05) is 39.2 Å². The third-order valence-corrected chi connectivity index (χ3v) is 7.57. The molecule has 8 nitrogen and oxygen atoms in total. The van der Waals surface area contributed by atoms with Crippen molar-refractivity contribution in [3.8, 4) is 0 Å². The topological polar surface area (TPSA) is 93.5 Å². The van der Waals surface area contributed by atoms with E-state index in [1.807, 2.05) is 4.57 Å². The monoisotopic (exact) mass is 420 g/mol. The molecule has 1 aromatic heterocycles. The summed E-state index contributed by atoms with van der Waals surface area (Å²) >= 11 is 0. The van der Waals surface area contributed by atoms with Gasteiger partial charge in [-0.05, 0) is 43.9 Å². The fourth-order valence-electron chi connectivity index (χ4n) is 3.98. The van der Waals surface area contributed by atoms with E-state index in [1.165, 1.54) is 0 Å². The Morgan fingerprint density at radius 2 is 2.03 bits per heavy atom. The predicted molar refractivity (Wildman–Crippen MR) is 109 cm³/mol. The summed E-state index contributed by atoms with van der Waals surface area (Å²) in [6.45, 7) is 2.98. The normalized spacial score (nSPS) is 20.9. The van der Waals surface area contributed by atoms with Gasteiger partial charge in [0.1, 0.15) is 0 Å². The smallest absolute Gasteiger partial charge is 0.243 e. The average Bonchev–Trinajstić information content (AvgIpc) is 3.40. The van der Waals surface area contributed by atoms with Crippen molar-refractivity contribution < 1.29 is 17.9 Å². The Hall–Kier alpha value is -1.97. The first-order valence-electron chi connectivity index (χ1n) is 10.4. The van der Waals surface area contributed by atoms with Gasteiger partial charge in [0.25, 0.3) is 0 Å². The molecule has 158 valence electrons. The Morgan fingerprint density at radius 1 is 1.21 bits per heavy atom. The van der Waals surface area contributed by atoms with Crippen molar-refractivity contribution in [1.82, 2.24) is 19.2 Å². The van der Waals surface area contributed by atoms with Crippen molar-refractivity contribution in [1.29, 1.82) is 0 Å². The lowest BCUT2D eigenvalue weighted by Gasteiger charge is -2.25. The second-order valence-corrected chi connectivity index (χ2v) is 9.68. The number of aromatic nitrogens is 2. The zero-order valence-corrected chi connectivity index (χ0v) is 17.4. The van der Waals surface area contributed by atoms with Crippen LogP contribution in [0.1, 0.15) is 38.5 Å². The molecule has 3 heterocycles. The van der Waals surface area contributed by atoms with E-state index >= 15 is 0 Å². The number of hydrogen-bond acceptors (Lipinski definition) is 5. The van der Waals surface area contributed by atoms with Crippen LogP contribution in [0.2, 0.25) is 0 Å². The van der Waals surface area contributed by atoms with Crippen LogP contribution < -0.4 is 5.32 Å². The maximum Gasteiger partial charge on any atom is 0.243 e. The number of carbonyl (C=O) groups is 1. The lowest BCUT2D eigenvalue weighted by Crippen LogP contribution is -2.35. The molecule has 0 bridgehead atoms.